The molecular formula is C24H23N9O. The van der Waals surface area contributed by atoms with Gasteiger partial charge in [-0.3, -0.25) is 4.79 Å². The van der Waals surface area contributed by atoms with Crippen molar-refractivity contribution in [1.82, 2.24) is 34.6 Å². The molecule has 1 saturated heterocycles. The lowest BCUT2D eigenvalue weighted by atomic mass is 10.0. The average molecular weight is 454 g/mol. The number of piperidine rings is 1. The summed E-state index contributed by atoms with van der Waals surface area (Å²) in [6.45, 7) is 1.08. The van der Waals surface area contributed by atoms with Gasteiger partial charge < -0.3 is 15.6 Å². The third-order valence-electron chi connectivity index (χ3n) is 6.60. The number of nitriles is 1. The Labute approximate surface area is 195 Å². The summed E-state index contributed by atoms with van der Waals surface area (Å²) >= 11 is 0. The van der Waals surface area contributed by atoms with Gasteiger partial charge >= 0.3 is 0 Å². The van der Waals surface area contributed by atoms with Crippen molar-refractivity contribution in [2.45, 2.75) is 31.7 Å². The molecule has 0 aromatic carbocycles. The van der Waals surface area contributed by atoms with Gasteiger partial charge in [0.1, 0.15) is 35.1 Å². The first-order chi connectivity index (χ1) is 16.6. The minimum Gasteiger partial charge on any atom is -0.383 e. The van der Waals surface area contributed by atoms with Crippen molar-refractivity contribution < 1.29 is 4.79 Å². The number of pyridine rings is 1. The number of nitrogens with zero attached hydrogens (tertiary/aromatic N) is 7. The molecule has 0 spiro atoms. The second kappa shape index (κ2) is 7.95. The first-order valence-electron chi connectivity index (χ1n) is 11.5. The van der Waals surface area contributed by atoms with Gasteiger partial charge in [0.15, 0.2) is 5.65 Å². The molecule has 0 bridgehead atoms. The number of rotatable bonds is 4. The monoisotopic (exact) mass is 453 g/mol. The second-order valence-electron chi connectivity index (χ2n) is 8.97. The Balaban J connectivity index is 1.38. The summed E-state index contributed by atoms with van der Waals surface area (Å²) in [5.41, 5.74) is 9.43. The molecule has 34 heavy (non-hydrogen) atoms. The molecule has 1 aliphatic carbocycles. The highest BCUT2D eigenvalue weighted by molar-refractivity contribution is 5.99. The van der Waals surface area contributed by atoms with Gasteiger partial charge in [-0.15, -0.1) is 0 Å². The summed E-state index contributed by atoms with van der Waals surface area (Å²) in [5, 5.41) is 16.1. The largest absolute Gasteiger partial charge is 0.383 e. The predicted molar refractivity (Wildman–Crippen MR) is 126 cm³/mol. The zero-order chi connectivity index (χ0) is 23.2. The molecule has 4 aromatic rings. The molecule has 0 radical (unpaired) electrons. The molecule has 2 aliphatic rings. The van der Waals surface area contributed by atoms with Gasteiger partial charge in [0.25, 0.3) is 5.91 Å². The Morgan fingerprint density at radius 1 is 1.26 bits per heavy atom. The zero-order valence-corrected chi connectivity index (χ0v) is 18.5. The Hall–Kier alpha value is -4.26. The van der Waals surface area contributed by atoms with Crippen molar-refractivity contribution >= 4 is 33.8 Å². The fraction of sp³-hybridized carbons (Fsp3) is 0.333. The summed E-state index contributed by atoms with van der Waals surface area (Å²) in [6.07, 6.45) is 10.6. The number of fused-ring (bicyclic) bond motifs is 2. The highest BCUT2D eigenvalue weighted by atomic mass is 16.2. The van der Waals surface area contributed by atoms with Crippen LogP contribution >= 0.6 is 0 Å². The number of H-pyrrole nitrogens is 1. The van der Waals surface area contributed by atoms with Crippen molar-refractivity contribution in [3.63, 3.8) is 0 Å². The lowest BCUT2D eigenvalue weighted by Gasteiger charge is -2.32. The number of aromatic nitrogens is 6. The number of aromatic amines is 1. The zero-order valence-electron chi connectivity index (χ0n) is 18.5. The summed E-state index contributed by atoms with van der Waals surface area (Å²) in [5.74, 6) is 0.512. The van der Waals surface area contributed by atoms with E-state index < -0.39 is 0 Å². The number of nitrogens with one attached hydrogen (secondary N) is 1. The van der Waals surface area contributed by atoms with Crippen LogP contribution in [0.25, 0.3) is 33.3 Å². The third-order valence-corrected chi connectivity index (χ3v) is 6.60. The topological polar surface area (TPSA) is 142 Å². The molecule has 10 nitrogen and oxygen atoms in total. The number of carbonyl (C=O) groups is 1. The lowest BCUT2D eigenvalue weighted by Crippen LogP contribution is -2.41. The normalized spacial score (nSPS) is 19.0. The van der Waals surface area contributed by atoms with Crippen LogP contribution in [-0.2, 0) is 4.79 Å². The number of amides is 1. The molecule has 6 rings (SSSR count). The number of hydrogen-bond donors (Lipinski definition) is 2. The smallest absolute Gasteiger partial charge is 0.264 e. The van der Waals surface area contributed by atoms with Gasteiger partial charge in [-0.05, 0) is 43.7 Å². The minimum atomic E-state index is -0.202. The first kappa shape index (κ1) is 20.4. The van der Waals surface area contributed by atoms with Crippen LogP contribution in [0.1, 0.15) is 31.7 Å². The van der Waals surface area contributed by atoms with Crippen LogP contribution in [-0.4, -0.2) is 53.6 Å². The SMILES string of the molecule is N#C/C(=C\C1CC1)C(=O)N1CCC[C@H](n2nc(-c3cnc4[nH]ccc4c3)c3c(N)ncnc32)C1. The molecule has 4 aromatic heterocycles. The van der Waals surface area contributed by atoms with E-state index in [0.29, 0.717) is 41.6 Å². The van der Waals surface area contributed by atoms with Gasteiger partial charge in [-0.25, -0.2) is 19.6 Å². The van der Waals surface area contributed by atoms with Crippen molar-refractivity contribution in [1.29, 1.82) is 5.26 Å². The van der Waals surface area contributed by atoms with Crippen LogP contribution in [0, 0.1) is 17.2 Å². The number of carbonyl (C=O) groups excluding carboxylic acids is 1. The second-order valence-corrected chi connectivity index (χ2v) is 8.97. The standard InChI is InChI=1S/C24H23N9O/c25-10-16(8-14-3-4-14)24(34)32-7-1-2-18(12-32)33-23-19(21(26)29-13-30-23)20(31-33)17-9-15-5-6-27-22(15)28-11-17/h5-6,8-9,11,13-14,18H,1-4,7,12H2,(H,27,28)(H2,26,29,30)/b16-8+/t18-/m0/s1. The van der Waals surface area contributed by atoms with E-state index >= 15 is 0 Å². The van der Waals surface area contributed by atoms with Gasteiger partial charge in [0.05, 0.1) is 11.4 Å². The molecular weight excluding hydrogens is 430 g/mol. The van der Waals surface area contributed by atoms with Crippen molar-refractivity contribution in [3.8, 4) is 17.3 Å². The van der Waals surface area contributed by atoms with E-state index in [1.54, 1.807) is 11.1 Å². The van der Waals surface area contributed by atoms with Crippen molar-refractivity contribution in [3.05, 3.63) is 42.5 Å². The van der Waals surface area contributed by atoms with Crippen molar-refractivity contribution in [2.75, 3.05) is 18.8 Å². The molecule has 5 heterocycles. The summed E-state index contributed by atoms with van der Waals surface area (Å²) in [4.78, 5) is 31.1. The van der Waals surface area contributed by atoms with E-state index in [2.05, 4.69) is 26.0 Å². The first-order valence-corrected chi connectivity index (χ1v) is 11.5. The number of nitrogen functional groups attached to an aromatic ring is 1. The van der Waals surface area contributed by atoms with Crippen LogP contribution in [0.2, 0.25) is 0 Å². The third kappa shape index (κ3) is 3.46. The van der Waals surface area contributed by atoms with E-state index in [1.165, 1.54) is 6.33 Å². The molecule has 170 valence electrons. The molecule has 1 amide bonds. The van der Waals surface area contributed by atoms with Gasteiger partial charge in [0.2, 0.25) is 0 Å². The van der Waals surface area contributed by atoms with E-state index in [-0.39, 0.29) is 17.5 Å². The van der Waals surface area contributed by atoms with Crippen LogP contribution in [0.15, 0.2) is 42.5 Å². The highest BCUT2D eigenvalue weighted by Gasteiger charge is 2.31. The fourth-order valence-corrected chi connectivity index (χ4v) is 4.69. The van der Waals surface area contributed by atoms with Crippen LogP contribution in [0.4, 0.5) is 5.82 Å². The van der Waals surface area contributed by atoms with E-state index in [9.17, 15) is 10.1 Å². The Kier molecular flexibility index (Phi) is 4.76. The lowest BCUT2D eigenvalue weighted by molar-refractivity contribution is -0.128. The fourth-order valence-electron chi connectivity index (χ4n) is 4.69. The molecule has 0 unspecified atom stereocenters. The molecule has 1 saturated carbocycles. The van der Waals surface area contributed by atoms with Gasteiger partial charge in [-0.1, -0.05) is 6.08 Å². The number of anilines is 1. The predicted octanol–water partition coefficient (Wildman–Crippen LogP) is 2.98. The van der Waals surface area contributed by atoms with Crippen LogP contribution < -0.4 is 5.73 Å². The van der Waals surface area contributed by atoms with E-state index in [1.807, 2.05) is 29.1 Å². The molecule has 3 N–H and O–H groups in total. The number of allylic oxidation sites excluding steroid dienone is 1. The number of likely N-dealkylation sites (tertiary alicyclic amines) is 1. The number of nitrogens with two attached hydrogens (primary N) is 1. The quantitative estimate of drug-likeness (QED) is 0.357. The summed E-state index contributed by atoms with van der Waals surface area (Å²) < 4.78 is 1.86. The van der Waals surface area contributed by atoms with Crippen LogP contribution in [0.5, 0.6) is 0 Å². The summed E-state index contributed by atoms with van der Waals surface area (Å²) in [6, 6.07) is 5.98. The summed E-state index contributed by atoms with van der Waals surface area (Å²) in [7, 11) is 0. The van der Waals surface area contributed by atoms with Gasteiger partial charge in [0, 0.05) is 36.4 Å². The maximum Gasteiger partial charge on any atom is 0.264 e. The van der Waals surface area contributed by atoms with Crippen molar-refractivity contribution in [2.24, 2.45) is 5.92 Å². The molecule has 10 heteroatoms. The van der Waals surface area contributed by atoms with Gasteiger partial charge in [-0.2, -0.15) is 10.4 Å². The molecule has 2 fully saturated rings. The molecule has 1 atom stereocenters. The maximum atomic E-state index is 13.1. The minimum absolute atomic E-state index is 0.0898. The number of hydrogen-bond acceptors (Lipinski definition) is 7. The Morgan fingerprint density at radius 2 is 2.15 bits per heavy atom. The molecule has 1 aliphatic heterocycles. The maximum absolute atomic E-state index is 13.1. The van der Waals surface area contributed by atoms with E-state index in [0.717, 1.165) is 42.3 Å². The highest BCUT2D eigenvalue weighted by Crippen LogP contribution is 2.35. The Bertz CT molecular complexity index is 1490. The van der Waals surface area contributed by atoms with E-state index in [4.69, 9.17) is 10.8 Å². The average Bonchev–Trinajstić information content (AvgIpc) is 3.40. The Morgan fingerprint density at radius 3 is 2.97 bits per heavy atom. The van der Waals surface area contributed by atoms with Crippen LogP contribution in [0.3, 0.4) is 0 Å².